The van der Waals surface area contributed by atoms with Crippen molar-refractivity contribution in [1.29, 1.82) is 0 Å². The molecule has 6 heteroatoms. The minimum absolute atomic E-state index is 0.103. The van der Waals surface area contributed by atoms with Gasteiger partial charge in [-0.25, -0.2) is 4.79 Å². The van der Waals surface area contributed by atoms with Gasteiger partial charge in [0.2, 0.25) is 0 Å². The smallest absolute Gasteiger partial charge is 0.336 e. The molecule has 0 amide bonds. The Bertz CT molecular complexity index is 1060. The van der Waals surface area contributed by atoms with Gasteiger partial charge in [0.1, 0.15) is 22.9 Å². The lowest BCUT2D eigenvalue weighted by Gasteiger charge is -2.21. The predicted molar refractivity (Wildman–Crippen MR) is 99.3 cm³/mol. The number of hydrogen-bond donors (Lipinski definition) is 1. The van der Waals surface area contributed by atoms with Crippen LogP contribution in [0, 0.1) is 6.92 Å². The summed E-state index contributed by atoms with van der Waals surface area (Å²) < 4.78 is 16.3. The van der Waals surface area contributed by atoms with Crippen LogP contribution in [0.1, 0.15) is 22.6 Å². The topological polar surface area (TPSA) is 80.0 Å². The molecular formula is C21H19NO5. The molecule has 4 rings (SSSR count). The molecule has 0 aliphatic heterocycles. The highest BCUT2D eigenvalue weighted by Gasteiger charge is 2.16. The first-order valence-electron chi connectivity index (χ1n) is 8.62. The lowest BCUT2D eigenvalue weighted by molar-refractivity contribution is 0.210. The number of rotatable bonds is 6. The summed E-state index contributed by atoms with van der Waals surface area (Å²) in [5.41, 5.74) is 1.34. The molecule has 3 aromatic heterocycles. The van der Waals surface area contributed by atoms with Gasteiger partial charge in [-0.05, 0) is 48.9 Å². The fourth-order valence-corrected chi connectivity index (χ4v) is 3.20. The van der Waals surface area contributed by atoms with Gasteiger partial charge in [0, 0.05) is 23.6 Å². The van der Waals surface area contributed by atoms with Crippen molar-refractivity contribution in [3.8, 4) is 5.75 Å². The van der Waals surface area contributed by atoms with Crippen molar-refractivity contribution in [2.24, 2.45) is 0 Å². The number of furan rings is 2. The number of aromatic hydroxyl groups is 1. The molecule has 27 heavy (non-hydrogen) atoms. The number of phenolic OH excluding ortho intramolecular Hbond substituents is 1. The third kappa shape index (κ3) is 3.66. The number of fused-ring (bicyclic) bond motifs is 1. The average Bonchev–Trinajstić information content (AvgIpc) is 3.32. The largest absolute Gasteiger partial charge is 0.508 e. The maximum atomic E-state index is 12.1. The van der Waals surface area contributed by atoms with E-state index in [-0.39, 0.29) is 5.75 Å². The number of benzene rings is 1. The van der Waals surface area contributed by atoms with Crippen LogP contribution in [0.2, 0.25) is 0 Å². The summed E-state index contributed by atoms with van der Waals surface area (Å²) in [6.07, 6.45) is 3.28. The Hall–Kier alpha value is -3.25. The molecule has 0 fully saturated rings. The Kier molecular flexibility index (Phi) is 4.56. The minimum Gasteiger partial charge on any atom is -0.508 e. The van der Waals surface area contributed by atoms with Gasteiger partial charge in [-0.3, -0.25) is 4.90 Å². The molecule has 0 saturated carbocycles. The van der Waals surface area contributed by atoms with Crippen LogP contribution >= 0.6 is 0 Å². The third-order valence-electron chi connectivity index (χ3n) is 4.53. The molecule has 0 aliphatic rings. The molecule has 1 N–H and O–H groups in total. The Labute approximate surface area is 155 Å². The number of aryl methyl sites for hydroxylation is 1. The molecule has 0 radical (unpaired) electrons. The molecule has 0 spiro atoms. The normalized spacial score (nSPS) is 11.5. The highest BCUT2D eigenvalue weighted by Crippen LogP contribution is 2.28. The van der Waals surface area contributed by atoms with Crippen LogP contribution in [-0.2, 0) is 19.6 Å². The SMILES string of the molecule is Cc1c(O)ccc2c(CN(Cc3ccco3)Cc3ccco3)cc(=O)oc12. The standard InChI is InChI=1S/C21H19NO5/c1-14-19(23)7-6-18-15(10-20(24)27-21(14)18)11-22(12-16-4-2-8-25-16)13-17-5-3-9-26-17/h2-10,23H,11-13H2,1H3. The fraction of sp³-hybridized carbons (Fsp3) is 0.190. The average molecular weight is 365 g/mol. The first kappa shape index (κ1) is 17.2. The predicted octanol–water partition coefficient (Wildman–Crippen LogP) is 4.20. The van der Waals surface area contributed by atoms with E-state index in [4.69, 9.17) is 13.3 Å². The summed E-state index contributed by atoms with van der Waals surface area (Å²) in [7, 11) is 0. The zero-order valence-corrected chi connectivity index (χ0v) is 14.8. The van der Waals surface area contributed by atoms with E-state index in [0.717, 1.165) is 22.5 Å². The van der Waals surface area contributed by atoms with Crippen LogP contribution in [0.25, 0.3) is 11.0 Å². The lowest BCUT2D eigenvalue weighted by atomic mass is 10.1. The first-order valence-corrected chi connectivity index (χ1v) is 8.62. The minimum atomic E-state index is -0.442. The number of phenols is 1. The van der Waals surface area contributed by atoms with Gasteiger partial charge in [0.25, 0.3) is 0 Å². The van der Waals surface area contributed by atoms with Gasteiger partial charge in [0.15, 0.2) is 0 Å². The van der Waals surface area contributed by atoms with Crippen LogP contribution in [0.3, 0.4) is 0 Å². The van der Waals surface area contributed by atoms with Crippen LogP contribution in [0.4, 0.5) is 0 Å². The van der Waals surface area contributed by atoms with Crippen LogP contribution in [0.15, 0.2) is 73.0 Å². The van der Waals surface area contributed by atoms with Crippen molar-refractivity contribution in [2.45, 2.75) is 26.6 Å². The summed E-state index contributed by atoms with van der Waals surface area (Å²) in [5.74, 6) is 1.75. The Morgan fingerprint density at radius 2 is 1.63 bits per heavy atom. The molecule has 0 aliphatic carbocycles. The molecule has 6 nitrogen and oxygen atoms in total. The number of nitrogens with zero attached hydrogens (tertiary/aromatic N) is 1. The fourth-order valence-electron chi connectivity index (χ4n) is 3.20. The van der Waals surface area contributed by atoms with E-state index in [9.17, 15) is 9.90 Å². The highest BCUT2D eigenvalue weighted by molar-refractivity contribution is 5.84. The molecule has 0 atom stereocenters. The van der Waals surface area contributed by atoms with E-state index < -0.39 is 5.63 Å². The lowest BCUT2D eigenvalue weighted by Crippen LogP contribution is -2.22. The van der Waals surface area contributed by atoms with Crippen LogP contribution < -0.4 is 5.63 Å². The van der Waals surface area contributed by atoms with E-state index >= 15 is 0 Å². The molecule has 0 saturated heterocycles. The van der Waals surface area contributed by atoms with Crippen molar-refractivity contribution in [3.05, 3.63) is 88.1 Å². The van der Waals surface area contributed by atoms with Gasteiger partial charge in [-0.1, -0.05) is 0 Å². The molecule has 138 valence electrons. The first-order chi connectivity index (χ1) is 13.1. The summed E-state index contributed by atoms with van der Waals surface area (Å²) in [5, 5.41) is 10.7. The molecule has 1 aromatic carbocycles. The van der Waals surface area contributed by atoms with Crippen molar-refractivity contribution in [1.82, 2.24) is 4.90 Å². The summed E-state index contributed by atoms with van der Waals surface area (Å²) in [4.78, 5) is 14.2. The Balaban J connectivity index is 1.71. The van der Waals surface area contributed by atoms with Crippen LogP contribution in [0.5, 0.6) is 5.75 Å². The summed E-state index contributed by atoms with van der Waals surface area (Å²) in [6.45, 7) is 3.35. The van der Waals surface area contributed by atoms with Gasteiger partial charge in [0.05, 0.1) is 25.6 Å². The van der Waals surface area contributed by atoms with Crippen molar-refractivity contribution < 1.29 is 18.4 Å². The van der Waals surface area contributed by atoms with E-state index in [0.29, 0.717) is 30.8 Å². The Morgan fingerprint density at radius 1 is 0.963 bits per heavy atom. The van der Waals surface area contributed by atoms with Gasteiger partial charge in [-0.15, -0.1) is 0 Å². The molecular weight excluding hydrogens is 346 g/mol. The highest BCUT2D eigenvalue weighted by atomic mass is 16.4. The Morgan fingerprint density at radius 3 is 2.22 bits per heavy atom. The summed E-state index contributed by atoms with van der Waals surface area (Å²) in [6, 6.07) is 12.4. The van der Waals surface area contributed by atoms with E-state index in [1.54, 1.807) is 31.6 Å². The monoisotopic (exact) mass is 365 g/mol. The maximum absolute atomic E-state index is 12.1. The summed E-state index contributed by atoms with van der Waals surface area (Å²) >= 11 is 0. The maximum Gasteiger partial charge on any atom is 0.336 e. The van der Waals surface area contributed by atoms with Crippen molar-refractivity contribution in [3.63, 3.8) is 0 Å². The second kappa shape index (κ2) is 7.17. The van der Waals surface area contributed by atoms with E-state index in [2.05, 4.69) is 4.90 Å². The zero-order valence-electron chi connectivity index (χ0n) is 14.8. The van der Waals surface area contributed by atoms with Gasteiger partial charge < -0.3 is 18.4 Å². The molecule has 4 aromatic rings. The molecule has 0 unspecified atom stereocenters. The van der Waals surface area contributed by atoms with Crippen molar-refractivity contribution >= 4 is 11.0 Å². The number of hydrogen-bond acceptors (Lipinski definition) is 6. The zero-order chi connectivity index (χ0) is 18.8. The molecule has 0 bridgehead atoms. The van der Waals surface area contributed by atoms with E-state index in [1.165, 1.54) is 6.07 Å². The van der Waals surface area contributed by atoms with Crippen molar-refractivity contribution in [2.75, 3.05) is 0 Å². The second-order valence-electron chi connectivity index (χ2n) is 6.48. The molecule has 3 heterocycles. The van der Waals surface area contributed by atoms with Crippen LogP contribution in [-0.4, -0.2) is 10.0 Å². The van der Waals surface area contributed by atoms with E-state index in [1.807, 2.05) is 24.3 Å². The second-order valence-corrected chi connectivity index (χ2v) is 6.48. The van der Waals surface area contributed by atoms with Gasteiger partial charge in [-0.2, -0.15) is 0 Å². The third-order valence-corrected chi connectivity index (χ3v) is 4.53. The van der Waals surface area contributed by atoms with Gasteiger partial charge >= 0.3 is 5.63 Å². The quantitative estimate of drug-likeness (QED) is 0.516.